The van der Waals surface area contributed by atoms with Crippen LogP contribution in [0.5, 0.6) is 17.2 Å². The molecule has 2 heterocycles. The number of phenols is 1. The molecule has 17 nitrogen and oxygen atoms in total. The molecule has 1 saturated heterocycles. The number of benzene rings is 6. The summed E-state index contributed by atoms with van der Waals surface area (Å²) in [5.41, 5.74) is 11.8. The van der Waals surface area contributed by atoms with Crippen LogP contribution < -0.4 is 36.3 Å². The number of anilines is 4. The number of likely N-dealkylation sites (N-methyl/N-ethyl adjacent to an activating group) is 1. The lowest BCUT2D eigenvalue weighted by molar-refractivity contribution is -0.137. The number of halogens is 2. The van der Waals surface area contributed by atoms with Crippen LogP contribution in [0.1, 0.15) is 34.6 Å². The summed E-state index contributed by atoms with van der Waals surface area (Å²) >= 11 is 8.47. The molecular formula is C57H67ClFN9O8S. The van der Waals surface area contributed by atoms with Gasteiger partial charge in [-0.15, -0.1) is 0 Å². The minimum Gasteiger partial charge on any atom is -0.508 e. The highest BCUT2D eigenvalue weighted by Crippen LogP contribution is 2.43. The van der Waals surface area contributed by atoms with Gasteiger partial charge in [-0.2, -0.15) is 4.98 Å². The van der Waals surface area contributed by atoms with E-state index in [1.165, 1.54) is 18.2 Å². The van der Waals surface area contributed by atoms with Gasteiger partial charge >= 0.3 is 5.97 Å². The minimum absolute atomic E-state index is 0.00858. The number of aromatic nitrogens is 2. The highest BCUT2D eigenvalue weighted by molar-refractivity contribution is 7.97. The number of aromatic hydroxyl groups is 1. The quantitative estimate of drug-likeness (QED) is 0.0113. The number of rotatable bonds is 26. The molecular weight excluding hydrogens is 1030 g/mol. The second-order valence-corrected chi connectivity index (χ2v) is 20.6. The fourth-order valence-electron chi connectivity index (χ4n) is 9.38. The van der Waals surface area contributed by atoms with Crippen molar-refractivity contribution >= 4 is 74.3 Å². The second-order valence-electron chi connectivity index (χ2n) is 18.9. The number of carboxylic acids is 1. The fraction of sp³-hybridized carbons (Fsp3) is 0.351. The predicted octanol–water partition coefficient (Wildman–Crippen LogP) is 9.20. The second kappa shape index (κ2) is 26.6. The molecule has 1 aliphatic heterocycles. The number of aliphatic carboxylic acids is 1. The molecule has 6 aromatic carbocycles. The first-order valence-corrected chi connectivity index (χ1v) is 26.5. The van der Waals surface area contributed by atoms with Gasteiger partial charge < -0.3 is 59.8 Å². The number of ether oxygens (including phenoxy) is 5. The summed E-state index contributed by atoms with van der Waals surface area (Å²) in [6, 6.07) is 29.9. The van der Waals surface area contributed by atoms with Crippen molar-refractivity contribution in [1.29, 1.82) is 0 Å². The molecule has 8 rings (SSSR count). The van der Waals surface area contributed by atoms with Gasteiger partial charge in [0.15, 0.2) is 5.82 Å². The summed E-state index contributed by atoms with van der Waals surface area (Å²) in [6.45, 7) is 8.77. The molecule has 20 heteroatoms. The molecule has 0 amide bonds. The van der Waals surface area contributed by atoms with E-state index in [-0.39, 0.29) is 34.2 Å². The number of nitrogens with one attached hydrogen (secondary N) is 1. The van der Waals surface area contributed by atoms with Crippen LogP contribution in [-0.2, 0) is 25.5 Å². The average Bonchev–Trinajstić information content (AvgIpc) is 3.42. The maximum Gasteiger partial charge on any atom is 0.304 e. The maximum atomic E-state index is 16.8. The molecule has 1 unspecified atom stereocenters. The zero-order valence-corrected chi connectivity index (χ0v) is 45.6. The smallest absolute Gasteiger partial charge is 0.304 e. The summed E-state index contributed by atoms with van der Waals surface area (Å²) in [5.74, 6) is 6.10. The lowest BCUT2D eigenvalue weighted by Crippen LogP contribution is -2.45. The van der Waals surface area contributed by atoms with E-state index in [0.717, 1.165) is 56.8 Å². The first-order chi connectivity index (χ1) is 37.2. The molecule has 1 fully saturated rings. The first kappa shape index (κ1) is 56.5. The number of piperazine rings is 1. The topological polar surface area (TPSA) is 206 Å². The Bertz CT molecular complexity index is 3150. The zero-order chi connectivity index (χ0) is 54.6. The first-order valence-electron chi connectivity index (χ1n) is 25.4. The monoisotopic (exact) mass is 1090 g/mol. The molecule has 77 heavy (non-hydrogen) atoms. The third kappa shape index (κ3) is 14.5. The van der Waals surface area contributed by atoms with E-state index >= 15 is 4.39 Å². The molecule has 408 valence electrons. The van der Waals surface area contributed by atoms with E-state index < -0.39 is 17.7 Å². The van der Waals surface area contributed by atoms with Gasteiger partial charge in [-0.1, -0.05) is 54.1 Å². The third-order valence-electron chi connectivity index (χ3n) is 13.3. The lowest BCUT2D eigenvalue weighted by atomic mass is 9.86. The number of methoxy groups -OCH3 is 1. The minimum atomic E-state index is -0.925. The van der Waals surface area contributed by atoms with Crippen molar-refractivity contribution in [2.75, 3.05) is 128 Å². The Hall–Kier alpha value is -6.68. The molecule has 0 saturated carbocycles. The average molecular weight is 1090 g/mol. The van der Waals surface area contributed by atoms with E-state index in [1.807, 2.05) is 74.6 Å². The van der Waals surface area contributed by atoms with E-state index in [2.05, 4.69) is 37.5 Å². The van der Waals surface area contributed by atoms with Crippen LogP contribution in [0.25, 0.3) is 32.8 Å². The maximum absolute atomic E-state index is 16.8. The van der Waals surface area contributed by atoms with Gasteiger partial charge in [0.25, 0.3) is 0 Å². The Labute approximate surface area is 457 Å². The molecule has 1 atom stereocenters. The van der Waals surface area contributed by atoms with Crippen LogP contribution in [0.4, 0.5) is 27.5 Å². The summed E-state index contributed by atoms with van der Waals surface area (Å²) in [6.07, 6.45) is -0.125. The van der Waals surface area contributed by atoms with Crippen LogP contribution in [0.2, 0.25) is 5.02 Å². The summed E-state index contributed by atoms with van der Waals surface area (Å²) in [7, 11) is 7.29. The standard InChI is InChI=1S/C57H67ClFN9O8S/c1-36-10-11-38(45(34-51(70)71)39-30-49(60)55(67(4)61)50(31-39)72-5)28-40(36)35-66(3)77-43-14-12-42(13-15-43)76-27-26-75-25-24-74-23-22-73-21-16-62-57-63-54-47(56(64-57)68-19-17-65(2)18-20-68)33-48(58)52(53(54)59)46-32-41(69)29-37-8-6-7-9-44(37)46/h6-15,28-33,45,69H,16-27,34-35,60-61H2,1-5H3,(H,70,71)(H,62,63,64). The van der Waals surface area contributed by atoms with Crippen molar-refractivity contribution in [2.24, 2.45) is 5.84 Å². The number of carbonyl (C=O) groups is 1. The number of nitrogens with zero attached hydrogens (tertiary/aromatic N) is 6. The fourth-order valence-corrected chi connectivity index (χ4v) is 10.5. The Kier molecular flexibility index (Phi) is 19.5. The van der Waals surface area contributed by atoms with E-state index in [9.17, 15) is 15.0 Å². The number of hydrogen-bond acceptors (Lipinski definition) is 17. The normalized spacial score (nSPS) is 13.4. The number of carboxylic acid groups (broad SMARTS) is 1. The number of nitrogen functional groups attached to an aromatic ring is 1. The van der Waals surface area contributed by atoms with Gasteiger partial charge in [0.1, 0.15) is 40.9 Å². The summed E-state index contributed by atoms with van der Waals surface area (Å²) in [5, 5.41) is 27.3. The van der Waals surface area contributed by atoms with E-state index in [4.69, 9.17) is 51.8 Å². The molecule has 0 radical (unpaired) electrons. The third-order valence-corrected chi connectivity index (χ3v) is 14.5. The molecule has 1 aliphatic rings. The number of aryl methyl sites for hydroxylation is 1. The van der Waals surface area contributed by atoms with Crippen molar-refractivity contribution in [3.63, 3.8) is 0 Å². The van der Waals surface area contributed by atoms with Crippen LogP contribution in [-0.4, -0.2) is 143 Å². The van der Waals surface area contributed by atoms with Crippen molar-refractivity contribution < 1.29 is 43.1 Å². The number of nitrogens with two attached hydrogens (primary N) is 2. The highest BCUT2D eigenvalue weighted by atomic mass is 35.5. The van der Waals surface area contributed by atoms with Gasteiger partial charge in [0.2, 0.25) is 5.95 Å². The largest absolute Gasteiger partial charge is 0.508 e. The molecule has 1 aromatic heterocycles. The Balaban J connectivity index is 0.746. The molecule has 0 spiro atoms. The predicted molar refractivity (Wildman–Crippen MR) is 304 cm³/mol. The molecule has 0 bridgehead atoms. The van der Waals surface area contributed by atoms with Crippen LogP contribution >= 0.6 is 23.5 Å². The Morgan fingerprint density at radius 2 is 1.57 bits per heavy atom. The molecule has 7 aromatic rings. The Morgan fingerprint density at radius 1 is 0.870 bits per heavy atom. The van der Waals surface area contributed by atoms with E-state index in [1.54, 1.807) is 43.3 Å². The van der Waals surface area contributed by atoms with Crippen molar-refractivity contribution in [1.82, 2.24) is 19.2 Å². The van der Waals surface area contributed by atoms with E-state index in [0.29, 0.717) is 106 Å². The van der Waals surface area contributed by atoms with Crippen molar-refractivity contribution in [3.05, 3.63) is 130 Å². The van der Waals surface area contributed by atoms with Crippen molar-refractivity contribution in [2.45, 2.75) is 30.7 Å². The summed E-state index contributed by atoms with van der Waals surface area (Å²) < 4.78 is 47.7. The number of hydrogen-bond donors (Lipinski definition) is 5. The van der Waals surface area contributed by atoms with Gasteiger partial charge in [-0.05, 0) is 126 Å². The Morgan fingerprint density at radius 3 is 2.27 bits per heavy atom. The zero-order valence-electron chi connectivity index (χ0n) is 44.1. The van der Waals surface area contributed by atoms with Crippen LogP contribution in [0, 0.1) is 12.7 Å². The van der Waals surface area contributed by atoms with Crippen molar-refractivity contribution in [3.8, 4) is 28.4 Å². The van der Waals surface area contributed by atoms with Gasteiger partial charge in [0.05, 0.1) is 63.9 Å². The van der Waals surface area contributed by atoms with Crippen LogP contribution in [0.3, 0.4) is 0 Å². The molecule has 7 N–H and O–H groups in total. The lowest BCUT2D eigenvalue weighted by Gasteiger charge is -2.34. The van der Waals surface area contributed by atoms with Gasteiger partial charge in [-0.3, -0.25) is 4.79 Å². The highest BCUT2D eigenvalue weighted by Gasteiger charge is 2.26. The number of fused-ring (bicyclic) bond motifs is 2. The SMILES string of the molecule is COc1cc(C(CC(=O)O)c2ccc(C)c(CN(C)Sc3ccc(OCCOCCOCCOCCNc4nc(N5CCN(C)CC5)c5cc(Cl)c(-c6cc(O)cc7ccccc67)c(F)c5n4)cc3)c2)cc(N)c1N(C)N. The summed E-state index contributed by atoms with van der Waals surface area (Å²) in [4.78, 5) is 27.0. The number of hydrazine groups is 1. The molecule has 0 aliphatic carbocycles. The number of phenolic OH excluding ortho intramolecular Hbond substituents is 1. The van der Waals surface area contributed by atoms with Gasteiger partial charge in [-0.25, -0.2) is 19.5 Å². The van der Waals surface area contributed by atoms with Crippen LogP contribution in [0.15, 0.2) is 102 Å². The van der Waals surface area contributed by atoms with Gasteiger partial charge in [0, 0.05) is 68.1 Å².